The van der Waals surface area contributed by atoms with Gasteiger partial charge in [0, 0.05) is 38.2 Å². The first-order chi connectivity index (χ1) is 18.1. The zero-order valence-electron chi connectivity index (χ0n) is 20.6. The lowest BCUT2D eigenvalue weighted by Crippen LogP contribution is -2.39. The second-order valence-electron chi connectivity index (χ2n) is 10.4. The van der Waals surface area contributed by atoms with Crippen LogP contribution in [0.1, 0.15) is 36.8 Å². The smallest absolute Gasteiger partial charge is 0.238 e. The fourth-order valence-electron chi connectivity index (χ4n) is 6.45. The SMILES string of the molecule is CC1=CC(=O)C2=C(C1=O)[C@@H](c1cc(Cl)ccc1O)C1=CC[C@@H]3C(=O)N(c4ccc(C)c(Cl)c4)C(=O)[C@@H]3[C@@H]1C2. The molecule has 0 bridgehead atoms. The van der Waals surface area contributed by atoms with E-state index < -0.39 is 23.7 Å². The topological polar surface area (TPSA) is 91.8 Å². The molecular weight excluding hydrogens is 525 g/mol. The summed E-state index contributed by atoms with van der Waals surface area (Å²) < 4.78 is 0. The van der Waals surface area contributed by atoms with Crippen LogP contribution >= 0.6 is 23.2 Å². The molecule has 38 heavy (non-hydrogen) atoms. The maximum atomic E-state index is 13.9. The molecule has 1 saturated heterocycles. The van der Waals surface area contributed by atoms with Crippen molar-refractivity contribution in [3.05, 3.63) is 92.0 Å². The predicted molar refractivity (Wildman–Crippen MR) is 143 cm³/mol. The van der Waals surface area contributed by atoms with E-state index in [-0.39, 0.29) is 35.6 Å². The zero-order valence-corrected chi connectivity index (χ0v) is 22.1. The third kappa shape index (κ3) is 3.54. The first-order valence-corrected chi connectivity index (χ1v) is 13.2. The second kappa shape index (κ2) is 8.79. The minimum absolute atomic E-state index is 0.0628. The Morgan fingerprint density at radius 3 is 2.45 bits per heavy atom. The van der Waals surface area contributed by atoms with Crippen LogP contribution in [0.4, 0.5) is 5.69 Å². The minimum atomic E-state index is -0.755. The number of allylic oxidation sites excluding steroid dienone is 6. The molecule has 0 aromatic heterocycles. The van der Waals surface area contributed by atoms with E-state index in [0.29, 0.717) is 44.4 Å². The van der Waals surface area contributed by atoms with Crippen molar-refractivity contribution in [3.63, 3.8) is 0 Å². The standard InChI is InChI=1S/C30H23Cl2NO5/c1-13-3-5-16(11-22(13)32)33-29(37)18-7-6-17-19(26(18)30(33)38)12-21-24(35)9-14(2)28(36)27(21)25(17)20-10-15(31)4-8-23(20)34/h3-6,8-11,18-19,25-26,34H,7,12H2,1-2H3/t18-,19+,25+,26-/m0/s1. The Balaban J connectivity index is 1.50. The Morgan fingerprint density at radius 2 is 1.71 bits per heavy atom. The summed E-state index contributed by atoms with van der Waals surface area (Å²) in [7, 11) is 0. The molecule has 2 aromatic rings. The highest BCUT2D eigenvalue weighted by Crippen LogP contribution is 2.56. The quantitative estimate of drug-likeness (QED) is 0.298. The molecular formula is C30H23Cl2NO5. The summed E-state index contributed by atoms with van der Waals surface area (Å²) in [6, 6.07) is 9.68. The number of carbonyl (C=O) groups excluding carboxylic acids is 4. The number of hydrogen-bond donors (Lipinski definition) is 1. The fraction of sp³-hybridized carbons (Fsp3) is 0.267. The number of phenolic OH excluding ortho intramolecular Hbond substituents is 1. The van der Waals surface area contributed by atoms with E-state index in [9.17, 15) is 24.3 Å². The van der Waals surface area contributed by atoms with Crippen LogP contribution < -0.4 is 4.90 Å². The summed E-state index contributed by atoms with van der Waals surface area (Å²) in [5.41, 5.74) is 3.35. The summed E-state index contributed by atoms with van der Waals surface area (Å²) >= 11 is 12.6. The van der Waals surface area contributed by atoms with E-state index in [4.69, 9.17) is 23.2 Å². The third-order valence-corrected chi connectivity index (χ3v) is 8.92. The molecule has 1 fully saturated rings. The molecule has 4 atom stereocenters. The second-order valence-corrected chi connectivity index (χ2v) is 11.2. The summed E-state index contributed by atoms with van der Waals surface area (Å²) in [6.07, 6.45) is 3.70. The predicted octanol–water partition coefficient (Wildman–Crippen LogP) is 5.64. The molecule has 0 spiro atoms. The highest BCUT2D eigenvalue weighted by molar-refractivity contribution is 6.32. The van der Waals surface area contributed by atoms with Gasteiger partial charge in [-0.25, -0.2) is 4.90 Å². The van der Waals surface area contributed by atoms with Gasteiger partial charge in [0.15, 0.2) is 11.6 Å². The number of nitrogens with zero attached hydrogens (tertiary/aromatic N) is 1. The summed E-state index contributed by atoms with van der Waals surface area (Å²) in [5, 5.41) is 11.7. The lowest BCUT2D eigenvalue weighted by atomic mass is 9.59. The number of hydrogen-bond acceptors (Lipinski definition) is 5. The van der Waals surface area contributed by atoms with Crippen LogP contribution in [0, 0.1) is 24.7 Å². The highest BCUT2D eigenvalue weighted by Gasteiger charge is 2.56. The Morgan fingerprint density at radius 1 is 0.947 bits per heavy atom. The molecule has 1 heterocycles. The van der Waals surface area contributed by atoms with E-state index in [2.05, 4.69) is 0 Å². The van der Waals surface area contributed by atoms with E-state index in [1.165, 1.54) is 17.0 Å². The van der Waals surface area contributed by atoms with Crippen LogP contribution in [-0.4, -0.2) is 28.5 Å². The number of carbonyl (C=O) groups is 4. The lowest BCUT2D eigenvalue weighted by molar-refractivity contribution is -0.123. The van der Waals surface area contributed by atoms with Gasteiger partial charge < -0.3 is 5.11 Å². The summed E-state index contributed by atoms with van der Waals surface area (Å²) in [5.74, 6) is -3.84. The average Bonchev–Trinajstić information content (AvgIpc) is 3.14. The van der Waals surface area contributed by atoms with Crippen LogP contribution in [0.5, 0.6) is 5.75 Å². The number of anilines is 1. The number of amides is 2. The number of aromatic hydroxyl groups is 1. The van der Waals surface area contributed by atoms with Gasteiger partial charge in [-0.05, 0) is 74.6 Å². The van der Waals surface area contributed by atoms with Gasteiger partial charge in [-0.3, -0.25) is 19.2 Å². The molecule has 0 saturated carbocycles. The molecule has 8 heteroatoms. The first-order valence-electron chi connectivity index (χ1n) is 12.4. The number of benzene rings is 2. The molecule has 2 amide bonds. The van der Waals surface area contributed by atoms with E-state index in [0.717, 1.165) is 11.1 Å². The fourth-order valence-corrected chi connectivity index (χ4v) is 6.80. The van der Waals surface area contributed by atoms with Gasteiger partial charge in [-0.15, -0.1) is 0 Å². The van der Waals surface area contributed by atoms with Gasteiger partial charge in [0.05, 0.1) is 17.5 Å². The molecule has 3 aliphatic carbocycles. The van der Waals surface area contributed by atoms with Crippen molar-refractivity contribution in [3.8, 4) is 5.75 Å². The molecule has 1 aliphatic heterocycles. The van der Waals surface area contributed by atoms with Crippen molar-refractivity contribution in [2.75, 3.05) is 4.90 Å². The van der Waals surface area contributed by atoms with Gasteiger partial charge in [0.25, 0.3) is 0 Å². The Kier molecular flexibility index (Phi) is 5.74. The number of rotatable bonds is 2. The molecule has 6 nitrogen and oxygen atoms in total. The van der Waals surface area contributed by atoms with Crippen molar-refractivity contribution < 1.29 is 24.3 Å². The number of fused-ring (bicyclic) bond motifs is 3. The lowest BCUT2D eigenvalue weighted by Gasteiger charge is -2.42. The maximum Gasteiger partial charge on any atom is 0.238 e. The van der Waals surface area contributed by atoms with Crippen LogP contribution in [0.25, 0.3) is 0 Å². The number of halogens is 2. The van der Waals surface area contributed by atoms with Gasteiger partial charge >= 0.3 is 0 Å². The third-order valence-electron chi connectivity index (χ3n) is 8.28. The number of ketones is 2. The van der Waals surface area contributed by atoms with Crippen LogP contribution in [0.3, 0.4) is 0 Å². The Hall–Kier alpha value is -3.48. The van der Waals surface area contributed by atoms with Gasteiger partial charge in [0.2, 0.25) is 11.8 Å². The Bertz CT molecular complexity index is 1580. The van der Waals surface area contributed by atoms with Crippen molar-refractivity contribution >= 4 is 52.3 Å². The van der Waals surface area contributed by atoms with Crippen molar-refractivity contribution in [1.29, 1.82) is 0 Å². The van der Waals surface area contributed by atoms with Crippen LogP contribution in [0.2, 0.25) is 10.0 Å². The van der Waals surface area contributed by atoms with E-state index in [1.54, 1.807) is 37.3 Å². The van der Waals surface area contributed by atoms with Crippen molar-refractivity contribution in [1.82, 2.24) is 0 Å². The van der Waals surface area contributed by atoms with E-state index in [1.807, 2.05) is 13.0 Å². The number of imide groups is 1. The molecule has 1 N–H and O–H groups in total. The van der Waals surface area contributed by atoms with Gasteiger partial charge in [-0.2, -0.15) is 0 Å². The van der Waals surface area contributed by atoms with Crippen LogP contribution in [0.15, 0.2) is 70.8 Å². The van der Waals surface area contributed by atoms with E-state index >= 15 is 0 Å². The minimum Gasteiger partial charge on any atom is -0.508 e. The highest BCUT2D eigenvalue weighted by atomic mass is 35.5. The Labute approximate surface area is 229 Å². The largest absolute Gasteiger partial charge is 0.508 e. The first kappa shape index (κ1) is 24.8. The van der Waals surface area contributed by atoms with Crippen molar-refractivity contribution in [2.45, 2.75) is 32.6 Å². The average molecular weight is 548 g/mol. The van der Waals surface area contributed by atoms with Gasteiger partial charge in [-0.1, -0.05) is 40.9 Å². The molecule has 192 valence electrons. The molecule has 4 aliphatic rings. The maximum absolute atomic E-state index is 13.9. The molecule has 6 rings (SSSR count). The molecule has 2 aromatic carbocycles. The summed E-state index contributed by atoms with van der Waals surface area (Å²) in [6.45, 7) is 3.44. The zero-order chi connectivity index (χ0) is 27.0. The van der Waals surface area contributed by atoms with Crippen LogP contribution in [-0.2, 0) is 19.2 Å². The van der Waals surface area contributed by atoms with Gasteiger partial charge in [0.1, 0.15) is 5.75 Å². The number of phenols is 1. The molecule has 0 unspecified atom stereocenters. The summed E-state index contributed by atoms with van der Waals surface area (Å²) in [4.78, 5) is 55.3. The van der Waals surface area contributed by atoms with Crippen molar-refractivity contribution in [2.24, 2.45) is 17.8 Å². The monoisotopic (exact) mass is 547 g/mol. The number of Topliss-reactive ketones (excluding diaryl/α,β-unsaturated/α-hetero) is 1. The number of aryl methyl sites for hydroxylation is 1. The normalized spacial score (nSPS) is 26.7. The molecule has 0 radical (unpaired) electrons.